The van der Waals surface area contributed by atoms with Crippen LogP contribution in [-0.2, 0) is 12.7 Å². The van der Waals surface area contributed by atoms with Gasteiger partial charge >= 0.3 is 6.18 Å². The van der Waals surface area contributed by atoms with Crippen molar-refractivity contribution in [1.82, 2.24) is 4.90 Å². The molecule has 1 aromatic rings. The molecule has 0 aliphatic heterocycles. The first-order valence-corrected chi connectivity index (χ1v) is 6.60. The van der Waals surface area contributed by atoms with E-state index < -0.39 is 11.7 Å². The van der Waals surface area contributed by atoms with Crippen LogP contribution in [0.5, 0.6) is 0 Å². The third-order valence-corrected chi connectivity index (χ3v) is 3.18. The highest BCUT2D eigenvalue weighted by atomic mass is 19.4. The van der Waals surface area contributed by atoms with Gasteiger partial charge in [-0.1, -0.05) is 17.3 Å². The Morgan fingerprint density at radius 3 is 2.29 bits per heavy atom. The Labute approximate surface area is 122 Å². The molecule has 1 aromatic carbocycles. The molecule has 0 fully saturated rings. The third kappa shape index (κ3) is 5.63. The van der Waals surface area contributed by atoms with Gasteiger partial charge in [0.15, 0.2) is 0 Å². The van der Waals surface area contributed by atoms with Crippen LogP contribution in [-0.4, -0.2) is 28.5 Å². The zero-order valence-electron chi connectivity index (χ0n) is 12.1. The van der Waals surface area contributed by atoms with Crippen molar-refractivity contribution in [2.45, 2.75) is 39.0 Å². The Balaban J connectivity index is 2.71. The molecule has 0 saturated heterocycles. The Kier molecular flexibility index (Phi) is 6.02. The quantitative estimate of drug-likeness (QED) is 0.367. The molecular formula is C14H20F3N3O. The highest BCUT2D eigenvalue weighted by Gasteiger charge is 2.29. The van der Waals surface area contributed by atoms with Gasteiger partial charge in [-0.25, -0.2) is 0 Å². The fourth-order valence-electron chi connectivity index (χ4n) is 1.86. The second kappa shape index (κ2) is 7.31. The van der Waals surface area contributed by atoms with Crippen LogP contribution in [0.15, 0.2) is 29.4 Å². The highest BCUT2D eigenvalue weighted by molar-refractivity contribution is 5.79. The van der Waals surface area contributed by atoms with Crippen LogP contribution in [0.1, 0.15) is 31.4 Å². The van der Waals surface area contributed by atoms with Crippen molar-refractivity contribution in [3.05, 3.63) is 35.4 Å². The van der Waals surface area contributed by atoms with Gasteiger partial charge in [-0.3, -0.25) is 4.90 Å². The number of alkyl halides is 3. The number of amidine groups is 1. The number of hydrogen-bond donors (Lipinski definition) is 2. The Morgan fingerprint density at radius 2 is 1.86 bits per heavy atom. The fourth-order valence-corrected chi connectivity index (χ4v) is 1.86. The summed E-state index contributed by atoms with van der Waals surface area (Å²) in [6.07, 6.45) is -3.92. The van der Waals surface area contributed by atoms with E-state index in [4.69, 9.17) is 10.9 Å². The summed E-state index contributed by atoms with van der Waals surface area (Å²) >= 11 is 0. The molecule has 0 amide bonds. The predicted molar refractivity (Wildman–Crippen MR) is 75.0 cm³/mol. The van der Waals surface area contributed by atoms with Crippen molar-refractivity contribution in [1.29, 1.82) is 0 Å². The topological polar surface area (TPSA) is 61.8 Å². The minimum atomic E-state index is -4.32. The van der Waals surface area contributed by atoms with Crippen molar-refractivity contribution < 1.29 is 18.4 Å². The van der Waals surface area contributed by atoms with Gasteiger partial charge < -0.3 is 10.9 Å². The lowest BCUT2D eigenvalue weighted by atomic mass is 10.1. The summed E-state index contributed by atoms with van der Waals surface area (Å²) in [5.41, 5.74) is 5.57. The number of nitrogens with zero attached hydrogens (tertiary/aromatic N) is 2. The van der Waals surface area contributed by atoms with Gasteiger partial charge in [0.2, 0.25) is 0 Å². The minimum absolute atomic E-state index is 0.132. The maximum atomic E-state index is 12.5. The van der Waals surface area contributed by atoms with Crippen molar-refractivity contribution in [3.63, 3.8) is 0 Å². The molecule has 0 aliphatic carbocycles. The van der Waals surface area contributed by atoms with Gasteiger partial charge in [0, 0.05) is 25.6 Å². The van der Waals surface area contributed by atoms with Crippen LogP contribution >= 0.6 is 0 Å². The summed E-state index contributed by atoms with van der Waals surface area (Å²) in [6, 6.07) is 5.30. The molecule has 3 N–H and O–H groups in total. The second-order valence-corrected chi connectivity index (χ2v) is 5.10. The fraction of sp³-hybridized carbons (Fsp3) is 0.500. The Hall–Kier alpha value is -1.76. The van der Waals surface area contributed by atoms with Gasteiger partial charge in [0.25, 0.3) is 0 Å². The summed E-state index contributed by atoms with van der Waals surface area (Å²) in [7, 11) is 0. The third-order valence-electron chi connectivity index (χ3n) is 3.18. The van der Waals surface area contributed by atoms with E-state index in [0.29, 0.717) is 19.5 Å². The summed E-state index contributed by atoms with van der Waals surface area (Å²) in [5, 5.41) is 11.4. The van der Waals surface area contributed by atoms with Gasteiger partial charge in [-0.05, 0) is 31.5 Å². The van der Waals surface area contributed by atoms with Crippen LogP contribution < -0.4 is 5.73 Å². The van der Waals surface area contributed by atoms with E-state index in [2.05, 4.69) is 5.16 Å². The van der Waals surface area contributed by atoms with Gasteiger partial charge in [0.05, 0.1) is 5.56 Å². The number of nitrogens with two attached hydrogens (primary N) is 1. The molecule has 1 rings (SSSR count). The van der Waals surface area contributed by atoms with Crippen molar-refractivity contribution in [3.8, 4) is 0 Å². The smallest absolute Gasteiger partial charge is 0.409 e. The molecule has 0 spiro atoms. The normalized spacial score (nSPS) is 13.2. The van der Waals surface area contributed by atoms with E-state index in [9.17, 15) is 13.2 Å². The molecule has 0 radical (unpaired) electrons. The van der Waals surface area contributed by atoms with Crippen LogP contribution in [0, 0.1) is 0 Å². The lowest BCUT2D eigenvalue weighted by molar-refractivity contribution is -0.137. The number of hydrogen-bond acceptors (Lipinski definition) is 3. The van der Waals surface area contributed by atoms with Crippen LogP contribution in [0.2, 0.25) is 0 Å². The zero-order chi connectivity index (χ0) is 16.0. The first-order chi connectivity index (χ1) is 9.74. The number of oxime groups is 1. The van der Waals surface area contributed by atoms with Crippen LogP contribution in [0.3, 0.4) is 0 Å². The highest BCUT2D eigenvalue weighted by Crippen LogP contribution is 2.29. The van der Waals surface area contributed by atoms with Crippen molar-refractivity contribution in [2.75, 3.05) is 6.54 Å². The molecule has 4 nitrogen and oxygen atoms in total. The SMILES string of the molecule is CC(C)N(CCC(N)=NO)Cc1ccc(C(F)(F)F)cc1. The first kappa shape index (κ1) is 17.3. The standard InChI is InChI=1S/C14H20F3N3O/c1-10(2)20(8-7-13(18)19-21)9-11-3-5-12(6-4-11)14(15,16)17/h3-6,10,21H,7-9H2,1-2H3,(H2,18,19). The zero-order valence-corrected chi connectivity index (χ0v) is 12.1. The molecule has 7 heteroatoms. The largest absolute Gasteiger partial charge is 0.416 e. The van der Waals surface area contributed by atoms with Crippen LogP contribution in [0.25, 0.3) is 0 Å². The number of halogens is 3. The number of rotatable bonds is 6. The lowest BCUT2D eigenvalue weighted by Crippen LogP contribution is -2.33. The lowest BCUT2D eigenvalue weighted by Gasteiger charge is -2.26. The second-order valence-electron chi connectivity index (χ2n) is 5.10. The van der Waals surface area contributed by atoms with E-state index in [-0.39, 0.29) is 11.9 Å². The summed E-state index contributed by atoms with van der Waals surface area (Å²) in [6.45, 7) is 5.04. The van der Waals surface area contributed by atoms with Gasteiger partial charge in [0.1, 0.15) is 5.84 Å². The van der Waals surface area contributed by atoms with E-state index in [1.165, 1.54) is 12.1 Å². The number of benzene rings is 1. The van der Waals surface area contributed by atoms with Gasteiger partial charge in [-0.2, -0.15) is 13.2 Å². The summed E-state index contributed by atoms with van der Waals surface area (Å²) in [4.78, 5) is 2.04. The average Bonchev–Trinajstić information content (AvgIpc) is 2.42. The molecule has 0 heterocycles. The maximum absolute atomic E-state index is 12.5. The molecule has 118 valence electrons. The van der Waals surface area contributed by atoms with Gasteiger partial charge in [-0.15, -0.1) is 0 Å². The monoisotopic (exact) mass is 303 g/mol. The van der Waals surface area contributed by atoms with E-state index in [1.807, 2.05) is 18.7 Å². The van der Waals surface area contributed by atoms with Crippen molar-refractivity contribution in [2.24, 2.45) is 10.9 Å². The molecule has 0 atom stereocenters. The van der Waals surface area contributed by atoms with E-state index in [0.717, 1.165) is 17.7 Å². The maximum Gasteiger partial charge on any atom is 0.416 e. The minimum Gasteiger partial charge on any atom is -0.409 e. The first-order valence-electron chi connectivity index (χ1n) is 6.60. The Bertz CT molecular complexity index is 469. The molecule has 21 heavy (non-hydrogen) atoms. The summed E-state index contributed by atoms with van der Waals surface area (Å²) < 4.78 is 37.5. The summed E-state index contributed by atoms with van der Waals surface area (Å²) in [5.74, 6) is 0.132. The van der Waals surface area contributed by atoms with E-state index >= 15 is 0 Å². The van der Waals surface area contributed by atoms with Crippen LogP contribution in [0.4, 0.5) is 13.2 Å². The molecule has 0 saturated carbocycles. The van der Waals surface area contributed by atoms with E-state index in [1.54, 1.807) is 0 Å². The molecular weight excluding hydrogens is 283 g/mol. The van der Waals surface area contributed by atoms with Crippen molar-refractivity contribution >= 4 is 5.84 Å². The average molecular weight is 303 g/mol. The molecule has 0 bridgehead atoms. The molecule has 0 aliphatic rings. The Morgan fingerprint density at radius 1 is 1.29 bits per heavy atom. The molecule has 0 unspecified atom stereocenters. The molecule has 0 aromatic heterocycles. The predicted octanol–water partition coefficient (Wildman–Crippen LogP) is 3.05.